The summed E-state index contributed by atoms with van der Waals surface area (Å²) in [6.45, 7) is 9.80. The molecule has 4 aliphatic carbocycles. The molecular weight excluding hydrogens is 464 g/mol. The van der Waals surface area contributed by atoms with Gasteiger partial charge in [0.2, 0.25) is 0 Å². The molecule has 4 saturated carbocycles. The van der Waals surface area contributed by atoms with Crippen molar-refractivity contribution < 1.29 is 23.8 Å². The van der Waals surface area contributed by atoms with Crippen LogP contribution in [0, 0.1) is 17.8 Å². The lowest BCUT2D eigenvalue weighted by molar-refractivity contribution is -0.00618. The number of hydrogen-bond donors (Lipinski definition) is 0. The van der Waals surface area contributed by atoms with Gasteiger partial charge in [0, 0.05) is 11.1 Å². The average Bonchev–Trinajstić information content (AvgIpc) is 2.85. The van der Waals surface area contributed by atoms with E-state index < -0.39 is 11.9 Å². The lowest BCUT2D eigenvalue weighted by atomic mass is 9.48. The first-order valence-corrected chi connectivity index (χ1v) is 13.4. The number of carbonyl (C=O) groups is 2. The van der Waals surface area contributed by atoms with Gasteiger partial charge in [-0.15, -0.1) is 0 Å². The molecule has 2 aromatic carbocycles. The molecule has 0 aliphatic heterocycles. The van der Waals surface area contributed by atoms with Crippen LogP contribution in [0.1, 0.15) is 91.1 Å². The number of benzene rings is 2. The topological polar surface area (TPSA) is 61.8 Å². The van der Waals surface area contributed by atoms with Crippen LogP contribution in [0.15, 0.2) is 49.1 Å². The van der Waals surface area contributed by atoms with E-state index >= 15 is 0 Å². The fourth-order valence-electron chi connectivity index (χ4n) is 7.40. The molecule has 0 spiro atoms. The molecule has 6 rings (SSSR count). The van der Waals surface area contributed by atoms with Crippen molar-refractivity contribution in [2.24, 2.45) is 17.8 Å². The van der Waals surface area contributed by atoms with Gasteiger partial charge in [-0.25, -0.2) is 9.59 Å². The molecule has 196 valence electrons. The van der Waals surface area contributed by atoms with Gasteiger partial charge in [0.15, 0.2) is 0 Å². The predicted octanol–water partition coefficient (Wildman–Crippen LogP) is 7.02. The summed E-state index contributed by atoms with van der Waals surface area (Å²) in [5.41, 5.74) is 2.62. The highest BCUT2D eigenvalue weighted by Gasteiger charge is 2.52. The highest BCUT2D eigenvalue weighted by molar-refractivity contribution is 5.93. The summed E-state index contributed by atoms with van der Waals surface area (Å²) in [4.78, 5) is 25.9. The standard InChI is InChI=1S/C32H38O5/c1-6-11-36-29(33)23-8-10-28(25(15-23)31(2,3)4)37-30(34)24-7-9-27(35-5)26(16-24)32-17-20-12-21(18-32)14-22(13-20)19-32/h6-10,15-16,20-22H,1,11-14,17-19H2,2-5H3. The number of rotatable bonds is 7. The van der Waals surface area contributed by atoms with Gasteiger partial charge in [-0.05, 0) is 104 Å². The van der Waals surface area contributed by atoms with E-state index in [2.05, 4.69) is 6.58 Å². The lowest BCUT2D eigenvalue weighted by Crippen LogP contribution is -2.48. The lowest BCUT2D eigenvalue weighted by Gasteiger charge is -2.57. The Morgan fingerprint density at radius 3 is 2.03 bits per heavy atom. The van der Waals surface area contributed by atoms with Crippen molar-refractivity contribution in [3.8, 4) is 11.5 Å². The maximum atomic E-state index is 13.5. The van der Waals surface area contributed by atoms with Crippen molar-refractivity contribution in [1.82, 2.24) is 0 Å². The molecule has 0 radical (unpaired) electrons. The molecule has 4 bridgehead atoms. The van der Waals surface area contributed by atoms with Crippen LogP contribution in [0.2, 0.25) is 0 Å². The minimum atomic E-state index is -0.432. The molecule has 37 heavy (non-hydrogen) atoms. The Labute approximate surface area is 220 Å². The maximum Gasteiger partial charge on any atom is 0.343 e. The first-order valence-electron chi connectivity index (χ1n) is 13.4. The summed E-state index contributed by atoms with van der Waals surface area (Å²) in [6.07, 6.45) is 9.16. The first-order chi connectivity index (χ1) is 17.6. The van der Waals surface area contributed by atoms with Gasteiger partial charge in [-0.3, -0.25) is 0 Å². The van der Waals surface area contributed by atoms with Crippen molar-refractivity contribution in [1.29, 1.82) is 0 Å². The quantitative estimate of drug-likeness (QED) is 0.231. The van der Waals surface area contributed by atoms with Crippen LogP contribution < -0.4 is 9.47 Å². The zero-order valence-corrected chi connectivity index (χ0v) is 22.5. The molecule has 0 unspecified atom stereocenters. The molecule has 4 fully saturated rings. The molecule has 0 amide bonds. The third-order valence-electron chi connectivity index (χ3n) is 8.60. The summed E-state index contributed by atoms with van der Waals surface area (Å²) in [5, 5.41) is 0. The third kappa shape index (κ3) is 4.93. The summed E-state index contributed by atoms with van der Waals surface area (Å²) in [6, 6.07) is 10.8. The number of carbonyl (C=O) groups excluding carboxylic acids is 2. The Hall–Kier alpha value is -3.08. The largest absolute Gasteiger partial charge is 0.496 e. The van der Waals surface area contributed by atoms with Crippen molar-refractivity contribution in [3.63, 3.8) is 0 Å². The number of esters is 2. The van der Waals surface area contributed by atoms with E-state index in [-0.39, 0.29) is 17.4 Å². The van der Waals surface area contributed by atoms with Crippen LogP contribution in [0.4, 0.5) is 0 Å². The van der Waals surface area contributed by atoms with Crippen molar-refractivity contribution in [3.05, 3.63) is 71.3 Å². The predicted molar refractivity (Wildman–Crippen MR) is 143 cm³/mol. The van der Waals surface area contributed by atoms with Crippen LogP contribution in [0.3, 0.4) is 0 Å². The van der Waals surface area contributed by atoms with Gasteiger partial charge in [-0.1, -0.05) is 33.4 Å². The van der Waals surface area contributed by atoms with Gasteiger partial charge in [-0.2, -0.15) is 0 Å². The second-order valence-electron chi connectivity index (χ2n) is 12.4. The highest BCUT2D eigenvalue weighted by Crippen LogP contribution is 2.62. The van der Waals surface area contributed by atoms with E-state index in [1.54, 1.807) is 31.4 Å². The number of methoxy groups -OCH3 is 1. The van der Waals surface area contributed by atoms with Gasteiger partial charge >= 0.3 is 11.9 Å². The third-order valence-corrected chi connectivity index (χ3v) is 8.60. The molecule has 5 nitrogen and oxygen atoms in total. The molecule has 0 atom stereocenters. The van der Waals surface area contributed by atoms with Gasteiger partial charge < -0.3 is 14.2 Å². The molecule has 5 heteroatoms. The van der Waals surface area contributed by atoms with Crippen molar-refractivity contribution >= 4 is 11.9 Å². The Balaban J connectivity index is 1.44. The molecule has 2 aromatic rings. The SMILES string of the molecule is C=CCOC(=O)c1ccc(OC(=O)c2ccc(OC)c(C34CC5CC(CC(C5)C3)C4)c2)c(C(C)(C)C)c1. The zero-order chi connectivity index (χ0) is 26.4. The minimum Gasteiger partial charge on any atom is -0.496 e. The van der Waals surface area contributed by atoms with E-state index in [0.29, 0.717) is 16.9 Å². The Kier molecular flexibility index (Phi) is 6.68. The molecule has 4 aliphatic rings. The summed E-state index contributed by atoms with van der Waals surface area (Å²) in [7, 11) is 1.72. The van der Waals surface area contributed by atoms with Crippen LogP contribution in [0.25, 0.3) is 0 Å². The Morgan fingerprint density at radius 1 is 0.919 bits per heavy atom. The van der Waals surface area contributed by atoms with Crippen LogP contribution in [0.5, 0.6) is 11.5 Å². The second-order valence-corrected chi connectivity index (χ2v) is 12.4. The van der Waals surface area contributed by atoms with Crippen molar-refractivity contribution in [2.75, 3.05) is 13.7 Å². The van der Waals surface area contributed by atoms with E-state index in [1.807, 2.05) is 32.9 Å². The van der Waals surface area contributed by atoms with E-state index in [9.17, 15) is 9.59 Å². The van der Waals surface area contributed by atoms with E-state index in [0.717, 1.165) is 29.1 Å². The second kappa shape index (κ2) is 9.66. The normalized spacial score (nSPS) is 26.0. The highest BCUT2D eigenvalue weighted by atomic mass is 16.5. The average molecular weight is 503 g/mol. The van der Waals surface area contributed by atoms with Crippen LogP contribution in [-0.4, -0.2) is 25.7 Å². The zero-order valence-electron chi connectivity index (χ0n) is 22.5. The van der Waals surface area contributed by atoms with Crippen LogP contribution >= 0.6 is 0 Å². The smallest absolute Gasteiger partial charge is 0.343 e. The summed E-state index contributed by atoms with van der Waals surface area (Å²) < 4.78 is 17.0. The van der Waals surface area contributed by atoms with Gasteiger partial charge in [0.25, 0.3) is 0 Å². The van der Waals surface area contributed by atoms with Gasteiger partial charge in [0.1, 0.15) is 18.1 Å². The number of hydrogen-bond acceptors (Lipinski definition) is 5. The Bertz CT molecular complexity index is 1180. The van der Waals surface area contributed by atoms with E-state index in [1.165, 1.54) is 50.2 Å². The van der Waals surface area contributed by atoms with Crippen LogP contribution in [-0.2, 0) is 15.6 Å². The minimum absolute atomic E-state index is 0.0976. The Morgan fingerprint density at radius 2 is 1.49 bits per heavy atom. The van der Waals surface area contributed by atoms with Crippen molar-refractivity contribution in [2.45, 2.75) is 70.1 Å². The number of ether oxygens (including phenoxy) is 3. The fourth-order valence-corrected chi connectivity index (χ4v) is 7.40. The first kappa shape index (κ1) is 25.6. The maximum absolute atomic E-state index is 13.5. The summed E-state index contributed by atoms with van der Waals surface area (Å²) >= 11 is 0. The molecule has 0 saturated heterocycles. The molecular formula is C32H38O5. The van der Waals surface area contributed by atoms with Gasteiger partial charge in [0.05, 0.1) is 18.2 Å². The molecule has 0 N–H and O–H groups in total. The summed E-state index contributed by atoms with van der Waals surface area (Å²) in [5.74, 6) is 2.86. The monoisotopic (exact) mass is 502 g/mol. The molecule has 0 heterocycles. The fraction of sp³-hybridized carbons (Fsp3) is 0.500. The molecule has 0 aromatic heterocycles. The van der Waals surface area contributed by atoms with E-state index in [4.69, 9.17) is 14.2 Å².